The molecule has 1 heterocycles. The summed E-state index contributed by atoms with van der Waals surface area (Å²) in [6.07, 6.45) is -1.28. The first kappa shape index (κ1) is 22.9. The molecule has 1 amide bonds. The van der Waals surface area contributed by atoms with Crippen LogP contribution in [0.15, 0.2) is 30.3 Å². The van der Waals surface area contributed by atoms with Crippen molar-refractivity contribution in [3.8, 4) is 11.6 Å². The average molecular weight is 444 g/mol. The minimum Gasteiger partial charge on any atom is -0.493 e. The number of fused-ring (bicyclic) bond motifs is 1. The molecule has 0 fully saturated rings. The molecule has 2 aromatic carbocycles. The van der Waals surface area contributed by atoms with Gasteiger partial charge in [0.05, 0.1) is 19.3 Å². The fourth-order valence-electron chi connectivity index (χ4n) is 3.52. The highest BCUT2D eigenvalue weighted by Gasteiger charge is 2.27. The Morgan fingerprint density at radius 1 is 1.19 bits per heavy atom. The number of methoxy groups -OCH3 is 1. The first-order valence-electron chi connectivity index (χ1n) is 9.88. The van der Waals surface area contributed by atoms with Gasteiger partial charge in [0.25, 0.3) is 0 Å². The van der Waals surface area contributed by atoms with Crippen molar-refractivity contribution in [1.29, 1.82) is 0 Å². The predicted molar refractivity (Wildman–Crippen MR) is 114 cm³/mol. The Hall–Kier alpha value is -3.75. The quantitative estimate of drug-likeness (QED) is 0.504. The number of carbonyl (C=O) groups is 2. The molecular weight excluding hydrogens is 422 g/mol. The van der Waals surface area contributed by atoms with E-state index in [4.69, 9.17) is 14.6 Å². The molecule has 1 aromatic heterocycles. The number of ether oxygens (including phenoxy) is 2. The van der Waals surface area contributed by atoms with Crippen LogP contribution in [0.3, 0.4) is 0 Å². The number of benzene rings is 2. The Balaban J connectivity index is 2.12. The van der Waals surface area contributed by atoms with Crippen LogP contribution in [0.2, 0.25) is 0 Å². The van der Waals surface area contributed by atoms with Crippen molar-refractivity contribution in [2.75, 3.05) is 20.3 Å². The molecule has 0 spiro atoms. The van der Waals surface area contributed by atoms with Crippen molar-refractivity contribution in [2.45, 2.75) is 20.3 Å². The van der Waals surface area contributed by atoms with Gasteiger partial charge in [0.1, 0.15) is 5.82 Å². The molecule has 168 valence electrons. The number of carboxylic acid groups (broad SMARTS) is 1. The number of aryl methyl sites for hydroxylation is 1. The van der Waals surface area contributed by atoms with Crippen LogP contribution in [0.4, 0.5) is 13.6 Å². The van der Waals surface area contributed by atoms with Crippen LogP contribution in [0.5, 0.6) is 11.6 Å². The molecule has 0 bridgehead atoms. The SMILES string of the molecule is CCOc1nc(C)cc2c(C(=O)c3c(F)cc(CCNC(=O)O)c(OC)c3F)cccc12. The second-order valence-corrected chi connectivity index (χ2v) is 6.95. The minimum absolute atomic E-state index is 0.0192. The molecule has 0 atom stereocenters. The van der Waals surface area contributed by atoms with Gasteiger partial charge in [-0.15, -0.1) is 0 Å². The summed E-state index contributed by atoms with van der Waals surface area (Å²) in [4.78, 5) is 28.2. The number of amides is 1. The van der Waals surface area contributed by atoms with Crippen LogP contribution in [-0.4, -0.2) is 42.2 Å². The molecule has 0 aliphatic rings. The zero-order valence-corrected chi connectivity index (χ0v) is 17.8. The summed E-state index contributed by atoms with van der Waals surface area (Å²) in [5, 5.41) is 11.8. The molecule has 7 nitrogen and oxygen atoms in total. The van der Waals surface area contributed by atoms with Gasteiger partial charge in [-0.2, -0.15) is 0 Å². The molecule has 3 rings (SSSR count). The van der Waals surface area contributed by atoms with Crippen LogP contribution in [0.25, 0.3) is 10.8 Å². The number of rotatable bonds is 8. The fraction of sp³-hybridized carbons (Fsp3) is 0.261. The van der Waals surface area contributed by atoms with E-state index in [0.717, 1.165) is 6.07 Å². The second-order valence-electron chi connectivity index (χ2n) is 6.95. The van der Waals surface area contributed by atoms with E-state index in [0.29, 0.717) is 29.0 Å². The number of ketones is 1. The lowest BCUT2D eigenvalue weighted by atomic mass is 9.95. The highest BCUT2D eigenvalue weighted by molar-refractivity contribution is 6.17. The summed E-state index contributed by atoms with van der Waals surface area (Å²) in [5.41, 5.74) is 0.0243. The number of halogens is 2. The summed E-state index contributed by atoms with van der Waals surface area (Å²) in [6, 6.07) is 7.44. The molecular formula is C23H22F2N2O5. The Kier molecular flexibility index (Phi) is 6.87. The zero-order valence-electron chi connectivity index (χ0n) is 17.8. The van der Waals surface area contributed by atoms with Crippen LogP contribution in [-0.2, 0) is 6.42 Å². The van der Waals surface area contributed by atoms with Gasteiger partial charge in [-0.1, -0.05) is 12.1 Å². The first-order chi connectivity index (χ1) is 15.3. The molecule has 0 saturated carbocycles. The zero-order chi connectivity index (χ0) is 23.4. The Morgan fingerprint density at radius 3 is 2.59 bits per heavy atom. The standard InChI is InChI=1S/C23H22F2N2O5/c1-4-32-22-15-7-5-6-14(16(15)10-12(2)27-22)20(28)18-17(24)11-13(8-9-26-23(29)30)21(31-3)19(18)25/h5-7,10-11,26H,4,8-9H2,1-3H3,(H,29,30). The van der Waals surface area contributed by atoms with Crippen LogP contribution in [0, 0.1) is 18.6 Å². The van der Waals surface area contributed by atoms with Gasteiger partial charge in [-0.25, -0.2) is 18.6 Å². The molecule has 0 unspecified atom stereocenters. The van der Waals surface area contributed by atoms with Crippen LogP contribution < -0.4 is 14.8 Å². The van der Waals surface area contributed by atoms with Gasteiger partial charge in [0.15, 0.2) is 17.3 Å². The van der Waals surface area contributed by atoms with Crippen molar-refractivity contribution >= 4 is 22.6 Å². The second kappa shape index (κ2) is 9.59. The molecule has 0 aliphatic carbocycles. The monoisotopic (exact) mass is 444 g/mol. The van der Waals surface area contributed by atoms with Gasteiger partial charge in [-0.3, -0.25) is 4.79 Å². The van der Waals surface area contributed by atoms with Gasteiger partial charge >= 0.3 is 6.09 Å². The maximum absolute atomic E-state index is 15.2. The van der Waals surface area contributed by atoms with E-state index in [2.05, 4.69) is 10.3 Å². The molecule has 0 aliphatic heterocycles. The lowest BCUT2D eigenvalue weighted by Crippen LogP contribution is -2.23. The highest BCUT2D eigenvalue weighted by Crippen LogP contribution is 2.33. The van der Waals surface area contributed by atoms with E-state index in [1.807, 2.05) is 0 Å². The molecule has 2 N–H and O–H groups in total. The summed E-state index contributed by atoms with van der Waals surface area (Å²) in [5.74, 6) is -3.04. The summed E-state index contributed by atoms with van der Waals surface area (Å²) < 4.78 is 40.8. The number of aromatic nitrogens is 1. The summed E-state index contributed by atoms with van der Waals surface area (Å²) >= 11 is 0. The topological polar surface area (TPSA) is 97.8 Å². The number of carbonyl (C=O) groups excluding carboxylic acids is 1. The van der Waals surface area contributed by atoms with Crippen molar-refractivity contribution in [1.82, 2.24) is 10.3 Å². The lowest BCUT2D eigenvalue weighted by molar-refractivity contribution is 0.103. The largest absolute Gasteiger partial charge is 0.493 e. The maximum atomic E-state index is 15.2. The average Bonchev–Trinajstić information content (AvgIpc) is 2.73. The van der Waals surface area contributed by atoms with Gasteiger partial charge < -0.3 is 19.9 Å². The van der Waals surface area contributed by atoms with E-state index in [1.54, 1.807) is 32.0 Å². The van der Waals surface area contributed by atoms with E-state index >= 15 is 4.39 Å². The molecule has 0 saturated heterocycles. The lowest BCUT2D eigenvalue weighted by Gasteiger charge is -2.15. The Bertz CT molecular complexity index is 1200. The summed E-state index contributed by atoms with van der Waals surface area (Å²) in [6.45, 7) is 3.82. The maximum Gasteiger partial charge on any atom is 0.404 e. The Morgan fingerprint density at radius 2 is 1.94 bits per heavy atom. The van der Waals surface area contributed by atoms with Gasteiger partial charge in [-0.05, 0) is 38.5 Å². The number of hydrogen-bond acceptors (Lipinski definition) is 5. The molecule has 32 heavy (non-hydrogen) atoms. The third-order valence-electron chi connectivity index (χ3n) is 4.85. The van der Waals surface area contributed by atoms with Crippen molar-refractivity contribution in [3.63, 3.8) is 0 Å². The fourth-order valence-corrected chi connectivity index (χ4v) is 3.52. The predicted octanol–water partition coefficient (Wildman–Crippen LogP) is 4.27. The van der Waals surface area contributed by atoms with Crippen LogP contribution in [0.1, 0.15) is 34.1 Å². The minimum atomic E-state index is -1.26. The van der Waals surface area contributed by atoms with Gasteiger partial charge in [0.2, 0.25) is 5.88 Å². The first-order valence-corrected chi connectivity index (χ1v) is 9.88. The van der Waals surface area contributed by atoms with Crippen molar-refractivity contribution in [3.05, 3.63) is 64.4 Å². The van der Waals surface area contributed by atoms with E-state index in [-0.39, 0.29) is 29.8 Å². The van der Waals surface area contributed by atoms with Gasteiger partial charge in [0, 0.05) is 34.1 Å². The number of hydrogen-bond donors (Lipinski definition) is 2. The normalized spacial score (nSPS) is 10.8. The number of nitrogens with one attached hydrogen (secondary N) is 1. The molecule has 0 radical (unpaired) electrons. The number of nitrogens with zero attached hydrogens (tertiary/aromatic N) is 1. The number of pyridine rings is 1. The Labute approximate surface area is 183 Å². The molecule has 9 heteroatoms. The van der Waals surface area contributed by atoms with E-state index in [9.17, 15) is 14.0 Å². The van der Waals surface area contributed by atoms with Crippen molar-refractivity contribution < 1.29 is 33.0 Å². The smallest absolute Gasteiger partial charge is 0.404 e. The molecule has 3 aromatic rings. The highest BCUT2D eigenvalue weighted by atomic mass is 19.1. The summed E-state index contributed by atoms with van der Waals surface area (Å²) in [7, 11) is 1.19. The van der Waals surface area contributed by atoms with E-state index in [1.165, 1.54) is 13.2 Å². The van der Waals surface area contributed by atoms with Crippen molar-refractivity contribution in [2.24, 2.45) is 0 Å². The van der Waals surface area contributed by atoms with Crippen LogP contribution >= 0.6 is 0 Å². The third kappa shape index (κ3) is 4.46. The van der Waals surface area contributed by atoms with E-state index < -0.39 is 29.1 Å². The third-order valence-corrected chi connectivity index (χ3v) is 4.85.